The van der Waals surface area contributed by atoms with Crippen LogP contribution in [0.3, 0.4) is 0 Å². The maximum Gasteiger partial charge on any atom is 0.242 e. The van der Waals surface area contributed by atoms with Gasteiger partial charge in [0.05, 0.1) is 13.2 Å². The predicted octanol–water partition coefficient (Wildman–Crippen LogP) is 0.386. The van der Waals surface area contributed by atoms with Gasteiger partial charge in [0.25, 0.3) is 0 Å². The first-order chi connectivity index (χ1) is 9.56. The molecule has 2 heterocycles. The van der Waals surface area contributed by atoms with Crippen LogP contribution < -0.4 is 0 Å². The molecule has 0 aromatic heterocycles. The molecule has 2 aliphatic rings. The SMILES string of the molecule is C=CCN(CC(=O)N1CCC2(CC1)OCCO2)C(C)=O. The number of hydrogen-bond donors (Lipinski definition) is 0. The number of carbonyl (C=O) groups is 2. The number of piperidine rings is 1. The number of ether oxygens (including phenoxy) is 2. The summed E-state index contributed by atoms with van der Waals surface area (Å²) in [6.45, 7) is 8.04. The molecule has 2 amide bonds. The lowest BCUT2D eigenvalue weighted by Gasteiger charge is -2.38. The second kappa shape index (κ2) is 6.37. The van der Waals surface area contributed by atoms with Crippen LogP contribution in [0.4, 0.5) is 0 Å². The third-order valence-corrected chi connectivity index (χ3v) is 3.81. The molecule has 6 nitrogen and oxygen atoms in total. The van der Waals surface area contributed by atoms with Gasteiger partial charge < -0.3 is 19.3 Å². The molecule has 0 radical (unpaired) electrons. The van der Waals surface area contributed by atoms with Crippen LogP contribution in [-0.2, 0) is 19.1 Å². The number of amides is 2. The highest BCUT2D eigenvalue weighted by Crippen LogP contribution is 2.31. The van der Waals surface area contributed by atoms with Crippen LogP contribution >= 0.6 is 0 Å². The molecule has 112 valence electrons. The first-order valence-corrected chi connectivity index (χ1v) is 6.98. The molecule has 6 heteroatoms. The Morgan fingerprint density at radius 1 is 1.30 bits per heavy atom. The number of hydrogen-bond acceptors (Lipinski definition) is 4. The largest absolute Gasteiger partial charge is 0.347 e. The molecular weight excluding hydrogens is 260 g/mol. The summed E-state index contributed by atoms with van der Waals surface area (Å²) >= 11 is 0. The van der Waals surface area contributed by atoms with Gasteiger partial charge in [-0.3, -0.25) is 9.59 Å². The first-order valence-electron chi connectivity index (χ1n) is 6.98. The summed E-state index contributed by atoms with van der Waals surface area (Å²) in [5.41, 5.74) is 0. The molecule has 0 N–H and O–H groups in total. The number of nitrogens with zero attached hydrogens (tertiary/aromatic N) is 2. The van der Waals surface area contributed by atoms with E-state index in [-0.39, 0.29) is 18.4 Å². The van der Waals surface area contributed by atoms with Crippen molar-refractivity contribution in [2.45, 2.75) is 25.6 Å². The Morgan fingerprint density at radius 3 is 2.40 bits per heavy atom. The predicted molar refractivity (Wildman–Crippen MR) is 72.9 cm³/mol. The van der Waals surface area contributed by atoms with Crippen molar-refractivity contribution in [3.63, 3.8) is 0 Å². The Bertz CT molecular complexity index is 381. The Hall–Kier alpha value is -1.40. The normalized spacial score (nSPS) is 20.9. The second-order valence-corrected chi connectivity index (χ2v) is 5.18. The van der Waals surface area contributed by atoms with Crippen molar-refractivity contribution in [1.82, 2.24) is 9.80 Å². The molecule has 0 aromatic carbocycles. The lowest BCUT2D eigenvalue weighted by Crippen LogP contribution is -2.50. The van der Waals surface area contributed by atoms with Crippen LogP contribution in [0.5, 0.6) is 0 Å². The molecule has 0 aliphatic carbocycles. The fraction of sp³-hybridized carbons (Fsp3) is 0.714. The van der Waals surface area contributed by atoms with Crippen LogP contribution in [0.15, 0.2) is 12.7 Å². The fourth-order valence-corrected chi connectivity index (χ4v) is 2.61. The number of carbonyl (C=O) groups excluding carboxylic acids is 2. The molecule has 2 rings (SSSR count). The van der Waals surface area contributed by atoms with E-state index >= 15 is 0 Å². The molecule has 2 fully saturated rings. The Kier molecular flexibility index (Phi) is 4.77. The van der Waals surface area contributed by atoms with Crippen LogP contribution in [0.1, 0.15) is 19.8 Å². The van der Waals surface area contributed by atoms with E-state index in [0.29, 0.717) is 45.7 Å². The van der Waals surface area contributed by atoms with E-state index in [1.165, 1.54) is 11.8 Å². The van der Waals surface area contributed by atoms with Gasteiger partial charge in [-0.05, 0) is 0 Å². The van der Waals surface area contributed by atoms with Gasteiger partial charge in [0.15, 0.2) is 5.79 Å². The maximum atomic E-state index is 12.2. The first kappa shape index (κ1) is 15.0. The Labute approximate surface area is 119 Å². The molecule has 2 saturated heterocycles. The van der Waals surface area contributed by atoms with Gasteiger partial charge in [-0.1, -0.05) is 6.08 Å². The second-order valence-electron chi connectivity index (χ2n) is 5.18. The minimum atomic E-state index is -0.474. The zero-order valence-corrected chi connectivity index (χ0v) is 12.0. The number of rotatable bonds is 4. The van der Waals surface area contributed by atoms with Crippen molar-refractivity contribution in [2.24, 2.45) is 0 Å². The van der Waals surface area contributed by atoms with Gasteiger partial charge in [-0.15, -0.1) is 6.58 Å². The van der Waals surface area contributed by atoms with E-state index in [2.05, 4.69) is 6.58 Å². The topological polar surface area (TPSA) is 59.1 Å². The van der Waals surface area contributed by atoms with E-state index in [0.717, 1.165) is 0 Å². The maximum absolute atomic E-state index is 12.2. The quantitative estimate of drug-likeness (QED) is 0.700. The van der Waals surface area contributed by atoms with Crippen LogP contribution in [-0.4, -0.2) is 66.8 Å². The molecule has 2 aliphatic heterocycles. The molecule has 0 atom stereocenters. The summed E-state index contributed by atoms with van der Waals surface area (Å²) in [5.74, 6) is -0.623. The summed E-state index contributed by atoms with van der Waals surface area (Å²) in [5, 5.41) is 0. The van der Waals surface area contributed by atoms with Crippen molar-refractivity contribution in [2.75, 3.05) is 39.4 Å². The van der Waals surface area contributed by atoms with E-state index in [9.17, 15) is 9.59 Å². The fourth-order valence-electron chi connectivity index (χ4n) is 2.61. The zero-order chi connectivity index (χ0) is 14.6. The summed E-state index contributed by atoms with van der Waals surface area (Å²) in [7, 11) is 0. The lowest BCUT2D eigenvalue weighted by molar-refractivity contribution is -0.187. The minimum absolute atomic E-state index is 0.0325. The minimum Gasteiger partial charge on any atom is -0.347 e. The number of likely N-dealkylation sites (tertiary alicyclic amines) is 1. The van der Waals surface area contributed by atoms with Crippen LogP contribution in [0.2, 0.25) is 0 Å². The highest BCUT2D eigenvalue weighted by atomic mass is 16.7. The van der Waals surface area contributed by atoms with Gasteiger partial charge in [0.1, 0.15) is 6.54 Å². The summed E-state index contributed by atoms with van der Waals surface area (Å²) < 4.78 is 11.3. The van der Waals surface area contributed by atoms with Gasteiger partial charge in [-0.2, -0.15) is 0 Å². The van der Waals surface area contributed by atoms with Gasteiger partial charge in [-0.25, -0.2) is 0 Å². The lowest BCUT2D eigenvalue weighted by atomic mass is 10.0. The summed E-state index contributed by atoms with van der Waals surface area (Å²) in [6.07, 6.45) is 3.01. The monoisotopic (exact) mass is 282 g/mol. The smallest absolute Gasteiger partial charge is 0.242 e. The third kappa shape index (κ3) is 3.37. The van der Waals surface area contributed by atoms with Gasteiger partial charge in [0.2, 0.25) is 11.8 Å². The van der Waals surface area contributed by atoms with E-state index in [1.807, 2.05) is 0 Å². The van der Waals surface area contributed by atoms with Crippen LogP contribution in [0, 0.1) is 0 Å². The van der Waals surface area contributed by atoms with Gasteiger partial charge >= 0.3 is 0 Å². The van der Waals surface area contributed by atoms with E-state index in [1.54, 1.807) is 11.0 Å². The average Bonchev–Trinajstić information content (AvgIpc) is 2.87. The van der Waals surface area contributed by atoms with Crippen molar-refractivity contribution in [3.8, 4) is 0 Å². The summed E-state index contributed by atoms with van der Waals surface area (Å²) in [6, 6.07) is 0. The van der Waals surface area contributed by atoms with Crippen LogP contribution in [0.25, 0.3) is 0 Å². The van der Waals surface area contributed by atoms with Crippen molar-refractivity contribution in [3.05, 3.63) is 12.7 Å². The molecule has 20 heavy (non-hydrogen) atoms. The molecule has 1 spiro atoms. The highest BCUT2D eigenvalue weighted by Gasteiger charge is 2.40. The van der Waals surface area contributed by atoms with Crippen molar-refractivity contribution >= 4 is 11.8 Å². The Morgan fingerprint density at radius 2 is 1.90 bits per heavy atom. The molecule has 0 unspecified atom stereocenters. The third-order valence-electron chi connectivity index (χ3n) is 3.81. The molecule has 0 saturated carbocycles. The van der Waals surface area contributed by atoms with E-state index in [4.69, 9.17) is 9.47 Å². The van der Waals surface area contributed by atoms with E-state index < -0.39 is 5.79 Å². The Balaban J connectivity index is 1.84. The van der Waals surface area contributed by atoms with Crippen molar-refractivity contribution < 1.29 is 19.1 Å². The molecule has 0 aromatic rings. The standard InChI is InChI=1S/C14H22N2O4/c1-3-6-16(12(2)17)11-13(18)15-7-4-14(5-8-15)19-9-10-20-14/h3H,1,4-11H2,2H3. The molecular formula is C14H22N2O4. The van der Waals surface area contributed by atoms with Crippen molar-refractivity contribution in [1.29, 1.82) is 0 Å². The summed E-state index contributed by atoms with van der Waals surface area (Å²) in [4.78, 5) is 26.9. The molecule has 0 bridgehead atoms. The average molecular weight is 282 g/mol. The highest BCUT2D eigenvalue weighted by molar-refractivity contribution is 5.84. The van der Waals surface area contributed by atoms with Gasteiger partial charge in [0, 0.05) is 39.4 Å². The zero-order valence-electron chi connectivity index (χ0n) is 12.0.